The molecular formula is C13H18N2O4. The van der Waals surface area contributed by atoms with E-state index in [1.807, 2.05) is 11.0 Å². The second-order valence-corrected chi connectivity index (χ2v) is 4.65. The summed E-state index contributed by atoms with van der Waals surface area (Å²) in [5.41, 5.74) is 7.71. The van der Waals surface area contributed by atoms with Crippen LogP contribution in [0.1, 0.15) is 15.9 Å². The molecule has 0 aromatic heterocycles. The van der Waals surface area contributed by atoms with Crippen molar-refractivity contribution in [2.24, 2.45) is 0 Å². The maximum absolute atomic E-state index is 11.2. The number of nitrogens with two attached hydrogens (primary N) is 1. The van der Waals surface area contributed by atoms with Crippen molar-refractivity contribution in [1.82, 2.24) is 0 Å². The van der Waals surface area contributed by atoms with Crippen molar-refractivity contribution < 1.29 is 19.7 Å². The molecule has 1 aliphatic heterocycles. The van der Waals surface area contributed by atoms with E-state index in [0.29, 0.717) is 25.4 Å². The van der Waals surface area contributed by atoms with E-state index >= 15 is 0 Å². The number of hydrogen-bond donors (Lipinski definition) is 3. The Morgan fingerprint density at radius 3 is 2.95 bits per heavy atom. The van der Waals surface area contributed by atoms with Gasteiger partial charge in [-0.2, -0.15) is 0 Å². The number of morpholine rings is 1. The van der Waals surface area contributed by atoms with Crippen LogP contribution in [-0.4, -0.2) is 48.6 Å². The minimum absolute atomic E-state index is 0.0454. The number of rotatable bonds is 3. The van der Waals surface area contributed by atoms with Crippen LogP contribution in [0.3, 0.4) is 0 Å². The second-order valence-electron chi connectivity index (χ2n) is 4.65. The van der Waals surface area contributed by atoms with Crippen LogP contribution in [0.2, 0.25) is 0 Å². The molecule has 1 heterocycles. The van der Waals surface area contributed by atoms with Crippen molar-refractivity contribution in [3.05, 3.63) is 23.3 Å². The maximum Gasteiger partial charge on any atom is 0.337 e. The molecule has 6 nitrogen and oxygen atoms in total. The number of nitrogens with zero attached hydrogens (tertiary/aromatic N) is 1. The molecule has 1 unspecified atom stereocenters. The number of aliphatic hydroxyl groups is 1. The van der Waals surface area contributed by atoms with Gasteiger partial charge in [-0.3, -0.25) is 0 Å². The highest BCUT2D eigenvalue weighted by Crippen LogP contribution is 2.26. The van der Waals surface area contributed by atoms with E-state index in [2.05, 4.69) is 0 Å². The third-order valence-corrected chi connectivity index (χ3v) is 3.31. The lowest BCUT2D eigenvalue weighted by atomic mass is 10.1. The third-order valence-electron chi connectivity index (χ3n) is 3.31. The molecule has 0 amide bonds. The number of carbonyl (C=O) groups is 1. The Morgan fingerprint density at radius 2 is 2.32 bits per heavy atom. The van der Waals surface area contributed by atoms with Gasteiger partial charge < -0.3 is 25.6 Å². The largest absolute Gasteiger partial charge is 0.478 e. The van der Waals surface area contributed by atoms with E-state index in [1.165, 1.54) is 0 Å². The Labute approximate surface area is 111 Å². The summed E-state index contributed by atoms with van der Waals surface area (Å²) >= 11 is 0. The van der Waals surface area contributed by atoms with Crippen LogP contribution in [0.4, 0.5) is 11.4 Å². The Bertz CT molecular complexity index is 490. The summed E-state index contributed by atoms with van der Waals surface area (Å²) in [6.07, 6.45) is -0.236. The summed E-state index contributed by atoms with van der Waals surface area (Å²) in [6.45, 7) is 3.46. The van der Waals surface area contributed by atoms with Crippen LogP contribution in [-0.2, 0) is 4.74 Å². The van der Waals surface area contributed by atoms with Gasteiger partial charge in [-0.05, 0) is 24.6 Å². The Morgan fingerprint density at radius 1 is 1.58 bits per heavy atom. The molecular weight excluding hydrogens is 248 g/mol. The number of aryl methyl sites for hydroxylation is 1. The van der Waals surface area contributed by atoms with Gasteiger partial charge in [-0.25, -0.2) is 4.79 Å². The van der Waals surface area contributed by atoms with Crippen LogP contribution in [0, 0.1) is 6.92 Å². The van der Waals surface area contributed by atoms with Gasteiger partial charge in [0.1, 0.15) is 0 Å². The average molecular weight is 266 g/mol. The SMILES string of the molecule is Cc1cc(N2CCOC(CO)C2)cc(C(=O)O)c1N. The fraction of sp³-hybridized carbons (Fsp3) is 0.462. The lowest BCUT2D eigenvalue weighted by molar-refractivity contribution is 0.00356. The van der Waals surface area contributed by atoms with E-state index in [9.17, 15) is 4.79 Å². The number of aromatic carboxylic acids is 1. The molecule has 2 rings (SSSR count). The Kier molecular flexibility index (Phi) is 3.92. The molecule has 1 atom stereocenters. The molecule has 0 saturated carbocycles. The molecule has 19 heavy (non-hydrogen) atoms. The number of hydrogen-bond acceptors (Lipinski definition) is 5. The lowest BCUT2D eigenvalue weighted by Gasteiger charge is -2.34. The van der Waals surface area contributed by atoms with Crippen LogP contribution >= 0.6 is 0 Å². The van der Waals surface area contributed by atoms with Crippen LogP contribution in [0.25, 0.3) is 0 Å². The highest BCUT2D eigenvalue weighted by atomic mass is 16.5. The number of aliphatic hydroxyl groups excluding tert-OH is 1. The molecule has 1 saturated heterocycles. The molecule has 6 heteroatoms. The minimum atomic E-state index is -1.03. The molecule has 1 fully saturated rings. The Hall–Kier alpha value is -1.79. The van der Waals surface area contributed by atoms with Crippen molar-refractivity contribution in [1.29, 1.82) is 0 Å². The maximum atomic E-state index is 11.2. The van der Waals surface area contributed by atoms with Gasteiger partial charge in [-0.15, -0.1) is 0 Å². The molecule has 0 aliphatic carbocycles. The van der Waals surface area contributed by atoms with Gasteiger partial charge in [0.25, 0.3) is 0 Å². The van der Waals surface area contributed by atoms with Crippen LogP contribution < -0.4 is 10.6 Å². The minimum Gasteiger partial charge on any atom is -0.478 e. The number of carboxylic acid groups (broad SMARTS) is 1. The summed E-state index contributed by atoms with van der Waals surface area (Å²) < 4.78 is 5.38. The van der Waals surface area contributed by atoms with Gasteiger partial charge in [0, 0.05) is 24.5 Å². The number of anilines is 2. The molecule has 0 radical (unpaired) electrons. The van der Waals surface area contributed by atoms with Gasteiger partial charge in [0.2, 0.25) is 0 Å². The summed E-state index contributed by atoms with van der Waals surface area (Å²) in [4.78, 5) is 13.2. The lowest BCUT2D eigenvalue weighted by Crippen LogP contribution is -2.44. The van der Waals surface area contributed by atoms with Crippen molar-refractivity contribution in [2.75, 3.05) is 36.9 Å². The summed E-state index contributed by atoms with van der Waals surface area (Å²) in [7, 11) is 0. The molecule has 1 aromatic carbocycles. The molecule has 104 valence electrons. The quantitative estimate of drug-likeness (QED) is 0.688. The van der Waals surface area contributed by atoms with E-state index in [0.717, 1.165) is 11.3 Å². The fourth-order valence-corrected chi connectivity index (χ4v) is 2.20. The molecule has 0 spiro atoms. The van der Waals surface area contributed by atoms with Crippen molar-refractivity contribution in [3.63, 3.8) is 0 Å². The molecule has 1 aliphatic rings. The monoisotopic (exact) mass is 266 g/mol. The van der Waals surface area contributed by atoms with Gasteiger partial charge in [0.05, 0.1) is 24.9 Å². The highest BCUT2D eigenvalue weighted by molar-refractivity contribution is 5.95. The number of carboxylic acids is 1. The van der Waals surface area contributed by atoms with Gasteiger partial charge in [0.15, 0.2) is 0 Å². The standard InChI is InChI=1S/C13H18N2O4/c1-8-4-9(5-11(12(8)14)13(17)18)15-2-3-19-10(6-15)7-16/h4-5,10,16H,2-3,6-7,14H2,1H3,(H,17,18). The zero-order valence-electron chi connectivity index (χ0n) is 10.8. The number of benzene rings is 1. The fourth-order valence-electron chi connectivity index (χ4n) is 2.20. The van der Waals surface area contributed by atoms with Crippen molar-refractivity contribution in [2.45, 2.75) is 13.0 Å². The van der Waals surface area contributed by atoms with Crippen LogP contribution in [0.15, 0.2) is 12.1 Å². The number of ether oxygens (including phenoxy) is 1. The second kappa shape index (κ2) is 5.46. The predicted octanol–water partition coefficient (Wildman–Crippen LogP) is 0.473. The third kappa shape index (κ3) is 2.80. The highest BCUT2D eigenvalue weighted by Gasteiger charge is 2.22. The predicted molar refractivity (Wildman–Crippen MR) is 71.6 cm³/mol. The van der Waals surface area contributed by atoms with Gasteiger partial charge in [-0.1, -0.05) is 0 Å². The molecule has 1 aromatic rings. The summed E-state index contributed by atoms with van der Waals surface area (Å²) in [6, 6.07) is 3.44. The topological polar surface area (TPSA) is 96.0 Å². The van der Waals surface area contributed by atoms with E-state index < -0.39 is 5.97 Å². The smallest absolute Gasteiger partial charge is 0.337 e. The Balaban J connectivity index is 2.32. The van der Waals surface area contributed by atoms with Crippen molar-refractivity contribution >= 4 is 17.3 Å². The van der Waals surface area contributed by atoms with Gasteiger partial charge >= 0.3 is 5.97 Å². The van der Waals surface area contributed by atoms with Crippen molar-refractivity contribution in [3.8, 4) is 0 Å². The normalized spacial score (nSPS) is 19.5. The van der Waals surface area contributed by atoms with Crippen LogP contribution in [0.5, 0.6) is 0 Å². The first kappa shape index (κ1) is 13.6. The van der Waals surface area contributed by atoms with E-state index in [1.54, 1.807) is 13.0 Å². The first-order chi connectivity index (χ1) is 9.02. The van der Waals surface area contributed by atoms with E-state index in [-0.39, 0.29) is 18.3 Å². The zero-order valence-corrected chi connectivity index (χ0v) is 10.8. The first-order valence-corrected chi connectivity index (χ1v) is 6.13. The van der Waals surface area contributed by atoms with E-state index in [4.69, 9.17) is 20.7 Å². The summed E-state index contributed by atoms with van der Waals surface area (Å²) in [5.74, 6) is -1.03. The first-order valence-electron chi connectivity index (χ1n) is 6.13. The molecule has 4 N–H and O–H groups in total. The zero-order chi connectivity index (χ0) is 14.0. The number of nitrogen functional groups attached to an aromatic ring is 1. The molecule has 0 bridgehead atoms. The average Bonchev–Trinajstić information content (AvgIpc) is 2.41. The summed E-state index contributed by atoms with van der Waals surface area (Å²) in [5, 5.41) is 18.3.